The van der Waals surface area contributed by atoms with Crippen LogP contribution in [0.2, 0.25) is 5.02 Å². The van der Waals surface area contributed by atoms with Gasteiger partial charge in [0.2, 0.25) is 5.91 Å². The summed E-state index contributed by atoms with van der Waals surface area (Å²) in [5, 5.41) is 6.93. The predicted molar refractivity (Wildman–Crippen MR) is 79.7 cm³/mol. The molecule has 1 fully saturated rings. The molecular weight excluding hydrogens is 308 g/mol. The highest BCUT2D eigenvalue weighted by molar-refractivity contribution is 6.30. The first-order valence-electron chi connectivity index (χ1n) is 7.26. The molecule has 2 aromatic rings. The SMILES string of the molecule is O=C(CCn1cc(Cl)cn1)N1CCC(c2cc(=O)[nH]o2)CC1. The molecule has 0 spiro atoms. The first-order chi connectivity index (χ1) is 10.6. The van der Waals surface area contributed by atoms with Gasteiger partial charge < -0.3 is 9.42 Å². The van der Waals surface area contributed by atoms with E-state index < -0.39 is 0 Å². The Morgan fingerprint density at radius 3 is 2.82 bits per heavy atom. The van der Waals surface area contributed by atoms with E-state index in [0.29, 0.717) is 36.8 Å². The second kappa shape index (κ2) is 6.39. The van der Waals surface area contributed by atoms with Crippen molar-refractivity contribution >= 4 is 17.5 Å². The summed E-state index contributed by atoms with van der Waals surface area (Å²) in [5.41, 5.74) is -0.216. The van der Waals surface area contributed by atoms with Crippen LogP contribution in [0.3, 0.4) is 0 Å². The quantitative estimate of drug-likeness (QED) is 0.926. The number of aryl methyl sites for hydroxylation is 1. The summed E-state index contributed by atoms with van der Waals surface area (Å²) < 4.78 is 6.81. The van der Waals surface area contributed by atoms with Crippen molar-refractivity contribution in [2.75, 3.05) is 13.1 Å². The van der Waals surface area contributed by atoms with Gasteiger partial charge in [-0.3, -0.25) is 14.3 Å². The van der Waals surface area contributed by atoms with Gasteiger partial charge in [0.25, 0.3) is 5.56 Å². The standard InChI is InChI=1S/C14H17ClN4O3/c15-11-8-16-19(9-11)6-3-14(21)18-4-1-10(2-5-18)12-7-13(20)17-22-12/h7-10H,1-6H2,(H,17,20). The molecule has 2 aromatic heterocycles. The van der Waals surface area contributed by atoms with Gasteiger partial charge in [-0.05, 0) is 12.8 Å². The molecule has 1 saturated heterocycles. The Morgan fingerprint density at radius 1 is 1.45 bits per heavy atom. The summed E-state index contributed by atoms with van der Waals surface area (Å²) in [6.45, 7) is 1.88. The molecule has 0 atom stereocenters. The minimum atomic E-state index is -0.216. The maximum atomic E-state index is 12.2. The fraction of sp³-hybridized carbons (Fsp3) is 0.500. The number of hydrogen-bond donors (Lipinski definition) is 1. The van der Waals surface area contributed by atoms with Crippen LogP contribution in [0.1, 0.15) is 30.9 Å². The average Bonchev–Trinajstić information content (AvgIpc) is 3.13. The monoisotopic (exact) mass is 324 g/mol. The molecule has 0 unspecified atom stereocenters. The number of H-pyrrole nitrogens is 1. The number of aromatic amines is 1. The topological polar surface area (TPSA) is 84.1 Å². The summed E-state index contributed by atoms with van der Waals surface area (Å²) in [6.07, 6.45) is 5.28. The Balaban J connectivity index is 1.48. The Hall–Kier alpha value is -2.02. The van der Waals surface area contributed by atoms with Crippen LogP contribution >= 0.6 is 11.6 Å². The molecular formula is C14H17ClN4O3. The predicted octanol–water partition coefficient (Wildman–Crippen LogP) is 1.61. The largest absolute Gasteiger partial charge is 0.383 e. The normalized spacial score (nSPS) is 16.1. The molecule has 3 heterocycles. The Morgan fingerprint density at radius 2 is 2.23 bits per heavy atom. The van der Waals surface area contributed by atoms with E-state index in [1.807, 2.05) is 4.90 Å². The zero-order chi connectivity index (χ0) is 15.5. The van der Waals surface area contributed by atoms with Gasteiger partial charge in [-0.2, -0.15) is 10.3 Å². The van der Waals surface area contributed by atoms with Crippen LogP contribution in [-0.2, 0) is 11.3 Å². The van der Waals surface area contributed by atoms with Crippen molar-refractivity contribution < 1.29 is 9.32 Å². The zero-order valence-electron chi connectivity index (χ0n) is 12.0. The number of halogens is 1. The maximum Gasteiger partial charge on any atom is 0.280 e. The van der Waals surface area contributed by atoms with Gasteiger partial charge in [-0.25, -0.2) is 0 Å². The van der Waals surface area contributed by atoms with E-state index in [-0.39, 0.29) is 17.4 Å². The van der Waals surface area contributed by atoms with Gasteiger partial charge in [0, 0.05) is 44.2 Å². The highest BCUT2D eigenvalue weighted by Crippen LogP contribution is 2.27. The summed E-state index contributed by atoms with van der Waals surface area (Å²) in [4.78, 5) is 25.1. The van der Waals surface area contributed by atoms with Crippen molar-refractivity contribution in [3.63, 3.8) is 0 Å². The molecule has 118 valence electrons. The summed E-state index contributed by atoms with van der Waals surface area (Å²) >= 11 is 5.79. The molecule has 3 rings (SSSR count). The van der Waals surface area contributed by atoms with Gasteiger partial charge >= 0.3 is 0 Å². The third-order valence-electron chi connectivity index (χ3n) is 3.95. The van der Waals surface area contributed by atoms with Crippen LogP contribution in [-0.4, -0.2) is 38.8 Å². The van der Waals surface area contributed by atoms with Crippen LogP contribution in [0.15, 0.2) is 27.8 Å². The van der Waals surface area contributed by atoms with E-state index in [9.17, 15) is 9.59 Å². The fourth-order valence-corrected chi connectivity index (χ4v) is 2.90. The highest BCUT2D eigenvalue weighted by atomic mass is 35.5. The smallest absolute Gasteiger partial charge is 0.280 e. The number of hydrogen-bond acceptors (Lipinski definition) is 4. The number of likely N-dealkylation sites (tertiary alicyclic amines) is 1. The minimum Gasteiger partial charge on any atom is -0.383 e. The number of nitrogens with zero attached hydrogens (tertiary/aromatic N) is 3. The maximum absolute atomic E-state index is 12.2. The number of nitrogens with one attached hydrogen (secondary N) is 1. The van der Waals surface area contributed by atoms with E-state index in [0.717, 1.165) is 12.8 Å². The van der Waals surface area contributed by atoms with Gasteiger partial charge in [-0.15, -0.1) is 0 Å². The molecule has 22 heavy (non-hydrogen) atoms. The number of carbonyl (C=O) groups is 1. The molecule has 1 aliphatic rings. The molecule has 0 aliphatic carbocycles. The van der Waals surface area contributed by atoms with Crippen LogP contribution < -0.4 is 5.56 Å². The molecule has 0 bridgehead atoms. The molecule has 0 radical (unpaired) electrons. The van der Waals surface area contributed by atoms with Crippen molar-refractivity contribution in [2.24, 2.45) is 0 Å². The van der Waals surface area contributed by atoms with Gasteiger partial charge in [-0.1, -0.05) is 11.6 Å². The van der Waals surface area contributed by atoms with Gasteiger partial charge in [0.15, 0.2) is 0 Å². The van der Waals surface area contributed by atoms with E-state index in [2.05, 4.69) is 10.3 Å². The number of rotatable bonds is 4. The van der Waals surface area contributed by atoms with E-state index in [1.54, 1.807) is 17.1 Å². The Labute approximate surface area is 131 Å². The van der Waals surface area contributed by atoms with Crippen molar-refractivity contribution in [1.82, 2.24) is 19.8 Å². The third kappa shape index (κ3) is 3.41. The number of aromatic nitrogens is 3. The van der Waals surface area contributed by atoms with E-state index in [4.69, 9.17) is 16.1 Å². The van der Waals surface area contributed by atoms with E-state index in [1.165, 1.54) is 6.07 Å². The summed E-state index contributed by atoms with van der Waals surface area (Å²) in [7, 11) is 0. The molecule has 7 nitrogen and oxygen atoms in total. The molecule has 0 saturated carbocycles. The van der Waals surface area contributed by atoms with Crippen LogP contribution in [0.4, 0.5) is 0 Å². The zero-order valence-corrected chi connectivity index (χ0v) is 12.8. The number of carbonyl (C=O) groups excluding carboxylic acids is 1. The van der Waals surface area contributed by atoms with Crippen molar-refractivity contribution in [3.05, 3.63) is 39.6 Å². The third-order valence-corrected chi connectivity index (χ3v) is 4.14. The van der Waals surface area contributed by atoms with E-state index >= 15 is 0 Å². The summed E-state index contributed by atoms with van der Waals surface area (Å²) in [6, 6.07) is 1.49. The molecule has 0 aromatic carbocycles. The molecule has 1 N–H and O–H groups in total. The van der Waals surface area contributed by atoms with Crippen molar-refractivity contribution in [2.45, 2.75) is 31.7 Å². The molecule has 8 heteroatoms. The lowest BCUT2D eigenvalue weighted by Gasteiger charge is -2.30. The first kappa shape index (κ1) is 14.9. The van der Waals surface area contributed by atoms with Crippen LogP contribution in [0.5, 0.6) is 0 Å². The van der Waals surface area contributed by atoms with Gasteiger partial charge in [0.1, 0.15) is 5.76 Å². The second-order valence-corrected chi connectivity index (χ2v) is 5.88. The molecule has 1 aliphatic heterocycles. The lowest BCUT2D eigenvalue weighted by Crippen LogP contribution is -2.38. The lowest BCUT2D eigenvalue weighted by molar-refractivity contribution is -0.132. The summed E-state index contributed by atoms with van der Waals surface area (Å²) in [5.74, 6) is 0.997. The Kier molecular flexibility index (Phi) is 4.33. The van der Waals surface area contributed by atoms with Crippen molar-refractivity contribution in [3.8, 4) is 0 Å². The minimum absolute atomic E-state index is 0.112. The number of amides is 1. The second-order valence-electron chi connectivity index (χ2n) is 5.44. The lowest BCUT2D eigenvalue weighted by atomic mass is 9.94. The molecule has 1 amide bonds. The van der Waals surface area contributed by atoms with Crippen LogP contribution in [0, 0.1) is 0 Å². The Bertz CT molecular complexity index is 697. The highest BCUT2D eigenvalue weighted by Gasteiger charge is 2.25. The average molecular weight is 325 g/mol. The first-order valence-corrected chi connectivity index (χ1v) is 7.64. The van der Waals surface area contributed by atoms with Crippen molar-refractivity contribution in [1.29, 1.82) is 0 Å². The van der Waals surface area contributed by atoms with Crippen LogP contribution in [0.25, 0.3) is 0 Å². The fourth-order valence-electron chi connectivity index (χ4n) is 2.74. The number of piperidine rings is 1. The van der Waals surface area contributed by atoms with Gasteiger partial charge in [0.05, 0.1) is 11.2 Å².